The number of hydrogen-bond acceptors (Lipinski definition) is 2. The summed E-state index contributed by atoms with van der Waals surface area (Å²) in [4.78, 5) is 0. The molecule has 0 aromatic carbocycles. The molecule has 2 heteroatoms. The standard InChI is InChI=1S/C10H21NO/c1-9(8-12)11-7-10-5-3-2-4-6-10/h9-12H,2-8H2,1H3. The average molecular weight is 171 g/mol. The van der Waals surface area contributed by atoms with Gasteiger partial charge in [0.2, 0.25) is 0 Å². The van der Waals surface area contributed by atoms with E-state index in [2.05, 4.69) is 5.32 Å². The monoisotopic (exact) mass is 171 g/mol. The predicted octanol–water partition coefficient (Wildman–Crippen LogP) is 1.54. The molecule has 1 aliphatic rings. The number of rotatable bonds is 4. The van der Waals surface area contributed by atoms with E-state index < -0.39 is 0 Å². The summed E-state index contributed by atoms with van der Waals surface area (Å²) in [5.41, 5.74) is 0. The van der Waals surface area contributed by atoms with E-state index in [9.17, 15) is 0 Å². The third-order valence-electron chi connectivity index (χ3n) is 2.75. The third-order valence-corrected chi connectivity index (χ3v) is 2.75. The maximum absolute atomic E-state index is 8.80. The highest BCUT2D eigenvalue weighted by molar-refractivity contribution is 4.69. The van der Waals surface area contributed by atoms with Gasteiger partial charge in [0.15, 0.2) is 0 Å². The van der Waals surface area contributed by atoms with Crippen LogP contribution in [-0.4, -0.2) is 24.3 Å². The van der Waals surface area contributed by atoms with Gasteiger partial charge in [-0.05, 0) is 32.2 Å². The Morgan fingerprint density at radius 3 is 2.58 bits per heavy atom. The van der Waals surface area contributed by atoms with Crippen LogP contribution in [0.2, 0.25) is 0 Å². The molecule has 0 bridgehead atoms. The van der Waals surface area contributed by atoms with Gasteiger partial charge in [-0.25, -0.2) is 0 Å². The molecule has 1 rings (SSSR count). The maximum atomic E-state index is 8.80. The van der Waals surface area contributed by atoms with Crippen LogP contribution in [-0.2, 0) is 0 Å². The van der Waals surface area contributed by atoms with E-state index in [-0.39, 0.29) is 12.6 Å². The number of aliphatic hydroxyl groups is 1. The summed E-state index contributed by atoms with van der Waals surface area (Å²) in [6.07, 6.45) is 6.99. The van der Waals surface area contributed by atoms with Gasteiger partial charge in [-0.3, -0.25) is 0 Å². The summed E-state index contributed by atoms with van der Waals surface area (Å²) in [6.45, 7) is 3.39. The van der Waals surface area contributed by atoms with Crippen molar-refractivity contribution >= 4 is 0 Å². The first kappa shape index (κ1) is 10.0. The molecule has 1 saturated carbocycles. The zero-order valence-corrected chi connectivity index (χ0v) is 8.05. The van der Waals surface area contributed by atoms with Crippen molar-refractivity contribution in [1.82, 2.24) is 5.32 Å². The summed E-state index contributed by atoms with van der Waals surface area (Å²) >= 11 is 0. The van der Waals surface area contributed by atoms with Crippen molar-refractivity contribution in [3.05, 3.63) is 0 Å². The van der Waals surface area contributed by atoms with Crippen molar-refractivity contribution in [3.8, 4) is 0 Å². The zero-order chi connectivity index (χ0) is 8.81. The van der Waals surface area contributed by atoms with Crippen molar-refractivity contribution in [1.29, 1.82) is 0 Å². The summed E-state index contributed by atoms with van der Waals surface area (Å²) in [7, 11) is 0. The van der Waals surface area contributed by atoms with Gasteiger partial charge in [-0.2, -0.15) is 0 Å². The fraction of sp³-hybridized carbons (Fsp3) is 1.00. The van der Waals surface area contributed by atoms with Gasteiger partial charge < -0.3 is 10.4 Å². The van der Waals surface area contributed by atoms with Gasteiger partial charge in [0, 0.05) is 6.04 Å². The fourth-order valence-electron chi connectivity index (χ4n) is 1.82. The molecule has 0 aromatic heterocycles. The van der Waals surface area contributed by atoms with Crippen molar-refractivity contribution in [3.63, 3.8) is 0 Å². The zero-order valence-electron chi connectivity index (χ0n) is 8.05. The molecule has 2 N–H and O–H groups in total. The van der Waals surface area contributed by atoms with Gasteiger partial charge >= 0.3 is 0 Å². The molecule has 72 valence electrons. The van der Waals surface area contributed by atoms with Crippen LogP contribution in [0.25, 0.3) is 0 Å². The van der Waals surface area contributed by atoms with E-state index in [1.807, 2.05) is 6.92 Å². The minimum Gasteiger partial charge on any atom is -0.395 e. The molecule has 0 saturated heterocycles. The first-order chi connectivity index (χ1) is 5.83. The van der Waals surface area contributed by atoms with E-state index in [4.69, 9.17) is 5.11 Å². The van der Waals surface area contributed by atoms with Crippen LogP contribution in [0.15, 0.2) is 0 Å². The lowest BCUT2D eigenvalue weighted by atomic mass is 9.89. The quantitative estimate of drug-likeness (QED) is 0.672. The second-order valence-corrected chi connectivity index (χ2v) is 4.00. The van der Waals surface area contributed by atoms with Crippen LogP contribution < -0.4 is 5.32 Å². The van der Waals surface area contributed by atoms with Gasteiger partial charge in [-0.1, -0.05) is 19.3 Å². The first-order valence-electron chi connectivity index (χ1n) is 5.17. The smallest absolute Gasteiger partial charge is 0.0581 e. The lowest BCUT2D eigenvalue weighted by Gasteiger charge is -2.23. The van der Waals surface area contributed by atoms with Crippen LogP contribution in [0.4, 0.5) is 0 Å². The molecular formula is C10H21NO. The highest BCUT2D eigenvalue weighted by Gasteiger charge is 2.13. The summed E-state index contributed by atoms with van der Waals surface area (Å²) in [5, 5.41) is 12.2. The van der Waals surface area contributed by atoms with Gasteiger partial charge in [0.25, 0.3) is 0 Å². The molecule has 0 amide bonds. The number of aliphatic hydroxyl groups excluding tert-OH is 1. The Bertz CT molecular complexity index is 110. The van der Waals surface area contributed by atoms with Crippen LogP contribution in [0, 0.1) is 5.92 Å². The first-order valence-corrected chi connectivity index (χ1v) is 5.17. The predicted molar refractivity (Wildman–Crippen MR) is 51.1 cm³/mol. The molecule has 1 fully saturated rings. The second kappa shape index (κ2) is 5.55. The number of nitrogens with one attached hydrogen (secondary N) is 1. The van der Waals surface area contributed by atoms with Gasteiger partial charge in [-0.15, -0.1) is 0 Å². The molecule has 1 aliphatic carbocycles. The average Bonchev–Trinajstić information content (AvgIpc) is 2.16. The van der Waals surface area contributed by atoms with E-state index in [0.29, 0.717) is 0 Å². The molecule has 0 aliphatic heterocycles. The van der Waals surface area contributed by atoms with Crippen molar-refractivity contribution in [2.75, 3.05) is 13.2 Å². The van der Waals surface area contributed by atoms with E-state index in [1.165, 1.54) is 32.1 Å². The molecular weight excluding hydrogens is 150 g/mol. The Balaban J connectivity index is 2.05. The summed E-state index contributed by atoms with van der Waals surface area (Å²) < 4.78 is 0. The van der Waals surface area contributed by atoms with Crippen molar-refractivity contribution in [2.45, 2.75) is 45.1 Å². The molecule has 0 aromatic rings. The Kier molecular flexibility index (Phi) is 4.62. The van der Waals surface area contributed by atoms with Crippen molar-refractivity contribution in [2.24, 2.45) is 5.92 Å². The summed E-state index contributed by atoms with van der Waals surface area (Å²) in [6, 6.07) is 0.270. The fourth-order valence-corrected chi connectivity index (χ4v) is 1.82. The molecule has 0 heterocycles. The minimum absolute atomic E-state index is 0.257. The molecule has 12 heavy (non-hydrogen) atoms. The van der Waals surface area contributed by atoms with Crippen molar-refractivity contribution < 1.29 is 5.11 Å². The SMILES string of the molecule is CC(CO)NCC1CCCCC1. The maximum Gasteiger partial charge on any atom is 0.0581 e. The summed E-state index contributed by atoms with van der Waals surface area (Å²) in [5.74, 6) is 0.868. The molecule has 0 spiro atoms. The number of hydrogen-bond donors (Lipinski definition) is 2. The van der Waals surface area contributed by atoms with Crippen LogP contribution in [0.3, 0.4) is 0 Å². The topological polar surface area (TPSA) is 32.3 Å². The molecule has 0 radical (unpaired) electrons. The van der Waals surface area contributed by atoms with Gasteiger partial charge in [0.1, 0.15) is 0 Å². The lowest BCUT2D eigenvalue weighted by Crippen LogP contribution is -2.34. The van der Waals surface area contributed by atoms with Gasteiger partial charge in [0.05, 0.1) is 6.61 Å². The lowest BCUT2D eigenvalue weighted by molar-refractivity contribution is 0.238. The Morgan fingerprint density at radius 1 is 1.33 bits per heavy atom. The van der Waals surface area contributed by atoms with E-state index in [1.54, 1.807) is 0 Å². The van der Waals surface area contributed by atoms with Crippen LogP contribution >= 0.6 is 0 Å². The molecule has 2 nitrogen and oxygen atoms in total. The van der Waals surface area contributed by atoms with Crippen LogP contribution in [0.5, 0.6) is 0 Å². The third kappa shape index (κ3) is 3.55. The second-order valence-electron chi connectivity index (χ2n) is 4.00. The molecule has 1 atom stereocenters. The van der Waals surface area contributed by atoms with Crippen LogP contribution in [0.1, 0.15) is 39.0 Å². The Hall–Kier alpha value is -0.0800. The Morgan fingerprint density at radius 2 is 2.00 bits per heavy atom. The van der Waals surface area contributed by atoms with E-state index >= 15 is 0 Å². The highest BCUT2D eigenvalue weighted by Crippen LogP contribution is 2.22. The molecule has 1 unspecified atom stereocenters. The minimum atomic E-state index is 0.257. The normalized spacial score (nSPS) is 22.5. The Labute approximate surface area is 75.4 Å². The highest BCUT2D eigenvalue weighted by atomic mass is 16.3. The largest absolute Gasteiger partial charge is 0.395 e. The van der Waals surface area contributed by atoms with E-state index in [0.717, 1.165) is 12.5 Å².